The first-order valence-corrected chi connectivity index (χ1v) is 5.40. The Morgan fingerprint density at radius 2 is 2.08 bits per heavy atom. The van der Waals surface area contributed by atoms with Crippen molar-refractivity contribution in [1.29, 1.82) is 0 Å². The molecule has 1 atom stereocenters. The van der Waals surface area contributed by atoms with Gasteiger partial charge in [-0.3, -0.25) is 9.78 Å². The molecule has 1 aromatic heterocycles. The van der Waals surface area contributed by atoms with E-state index in [0.29, 0.717) is 3.92 Å². The molecule has 0 radical (unpaired) electrons. The molecule has 1 aliphatic carbocycles. The van der Waals surface area contributed by atoms with Crippen LogP contribution < -0.4 is 11.2 Å². The van der Waals surface area contributed by atoms with Gasteiger partial charge >= 0.3 is 5.69 Å². The molecule has 4 nitrogen and oxygen atoms in total. The van der Waals surface area contributed by atoms with E-state index in [1.807, 2.05) is 0 Å². The molecule has 0 saturated heterocycles. The first-order valence-electron chi connectivity index (χ1n) is 4.15. The Bertz CT molecular complexity index is 435. The fourth-order valence-electron chi connectivity index (χ4n) is 1.62. The van der Waals surface area contributed by atoms with Crippen molar-refractivity contribution in [2.24, 2.45) is 0 Å². The second-order valence-corrected chi connectivity index (χ2v) is 4.97. The van der Waals surface area contributed by atoms with E-state index in [9.17, 15) is 9.59 Å². The highest BCUT2D eigenvalue weighted by Gasteiger charge is 2.19. The van der Waals surface area contributed by atoms with Crippen LogP contribution in [0.2, 0.25) is 0 Å². The van der Waals surface area contributed by atoms with Gasteiger partial charge in [0, 0.05) is 15.2 Å². The highest BCUT2D eigenvalue weighted by molar-refractivity contribution is 14.1. The molecule has 1 aromatic rings. The van der Waals surface area contributed by atoms with Crippen LogP contribution in [0, 0.1) is 0 Å². The van der Waals surface area contributed by atoms with E-state index >= 15 is 0 Å². The maximum atomic E-state index is 11.3. The van der Waals surface area contributed by atoms with Crippen molar-refractivity contribution in [1.82, 2.24) is 9.97 Å². The Kier molecular flexibility index (Phi) is 2.27. The fourth-order valence-corrected chi connectivity index (χ4v) is 2.37. The van der Waals surface area contributed by atoms with Crippen LogP contribution in [0.15, 0.2) is 9.59 Å². The van der Waals surface area contributed by atoms with Crippen LogP contribution in [0.3, 0.4) is 0 Å². The highest BCUT2D eigenvalue weighted by Crippen LogP contribution is 2.21. The van der Waals surface area contributed by atoms with Gasteiger partial charge < -0.3 is 4.98 Å². The number of nitrogens with one attached hydrogen (secondary N) is 2. The number of aromatic amines is 2. The minimum Gasteiger partial charge on any atom is -0.311 e. The van der Waals surface area contributed by atoms with Gasteiger partial charge in [0.05, 0.1) is 0 Å². The van der Waals surface area contributed by atoms with E-state index in [-0.39, 0.29) is 5.56 Å². The van der Waals surface area contributed by atoms with Crippen molar-refractivity contribution < 1.29 is 0 Å². The standard InChI is InChI=1S/C8H9IN2O2/c9-4-1-2-5-6(3-4)10-8(13)11-7(5)12/h4H,1-3H2,(H2,10,11,12,13). The molecule has 0 spiro atoms. The van der Waals surface area contributed by atoms with Crippen molar-refractivity contribution in [3.63, 3.8) is 0 Å². The van der Waals surface area contributed by atoms with Crippen molar-refractivity contribution >= 4 is 22.6 Å². The maximum absolute atomic E-state index is 11.3. The van der Waals surface area contributed by atoms with Crippen LogP contribution in [0.25, 0.3) is 0 Å². The summed E-state index contributed by atoms with van der Waals surface area (Å²) in [4.78, 5) is 27.2. The molecule has 70 valence electrons. The van der Waals surface area contributed by atoms with Gasteiger partial charge in [-0.2, -0.15) is 0 Å². The molecule has 2 N–H and O–H groups in total. The summed E-state index contributed by atoms with van der Waals surface area (Å²) in [7, 11) is 0. The molecule has 1 heterocycles. The van der Waals surface area contributed by atoms with Crippen molar-refractivity contribution in [2.45, 2.75) is 23.2 Å². The zero-order chi connectivity index (χ0) is 9.42. The van der Waals surface area contributed by atoms with Gasteiger partial charge in [0.25, 0.3) is 5.56 Å². The second kappa shape index (κ2) is 3.28. The van der Waals surface area contributed by atoms with E-state index in [1.54, 1.807) is 0 Å². The number of alkyl halides is 1. The lowest BCUT2D eigenvalue weighted by atomic mass is 9.97. The van der Waals surface area contributed by atoms with E-state index in [1.165, 1.54) is 0 Å². The zero-order valence-electron chi connectivity index (χ0n) is 6.89. The monoisotopic (exact) mass is 292 g/mol. The summed E-state index contributed by atoms with van der Waals surface area (Å²) < 4.78 is 0.530. The third kappa shape index (κ3) is 1.70. The SMILES string of the molecule is O=c1[nH]c2c(c(=O)[nH]1)CCC(I)C2. The summed E-state index contributed by atoms with van der Waals surface area (Å²) in [5, 5.41) is 0. The Hall–Kier alpha value is -0.590. The third-order valence-electron chi connectivity index (χ3n) is 2.26. The summed E-state index contributed by atoms with van der Waals surface area (Å²) in [5.74, 6) is 0. The molecule has 13 heavy (non-hydrogen) atoms. The predicted molar refractivity (Wildman–Crippen MR) is 57.5 cm³/mol. The predicted octanol–water partition coefficient (Wildman–Crippen LogP) is 0.355. The van der Waals surface area contributed by atoms with Gasteiger partial charge in [-0.25, -0.2) is 4.79 Å². The second-order valence-electron chi connectivity index (χ2n) is 3.21. The Balaban J connectivity index is 2.60. The summed E-state index contributed by atoms with van der Waals surface area (Å²) in [6, 6.07) is 0. The lowest BCUT2D eigenvalue weighted by Crippen LogP contribution is -2.31. The zero-order valence-corrected chi connectivity index (χ0v) is 9.05. The normalized spacial score (nSPS) is 21.2. The van der Waals surface area contributed by atoms with Crippen LogP contribution in [0.1, 0.15) is 17.7 Å². The first-order chi connectivity index (χ1) is 6.16. The molecule has 0 fully saturated rings. The molecule has 0 bridgehead atoms. The average molecular weight is 292 g/mol. The van der Waals surface area contributed by atoms with Crippen LogP contribution in [0.5, 0.6) is 0 Å². The van der Waals surface area contributed by atoms with Gasteiger partial charge in [-0.05, 0) is 19.3 Å². The largest absolute Gasteiger partial charge is 0.325 e. The molecule has 5 heteroatoms. The van der Waals surface area contributed by atoms with E-state index < -0.39 is 5.69 Å². The smallest absolute Gasteiger partial charge is 0.311 e. The van der Waals surface area contributed by atoms with Crippen LogP contribution in [0.4, 0.5) is 0 Å². The van der Waals surface area contributed by atoms with Crippen LogP contribution in [-0.2, 0) is 12.8 Å². The molecule has 2 rings (SSSR count). The lowest BCUT2D eigenvalue weighted by molar-refractivity contribution is 0.682. The van der Waals surface area contributed by atoms with E-state index in [4.69, 9.17) is 0 Å². The van der Waals surface area contributed by atoms with Gasteiger partial charge in [0.2, 0.25) is 0 Å². The van der Waals surface area contributed by atoms with Crippen molar-refractivity contribution in [3.05, 3.63) is 32.1 Å². The number of halogens is 1. The molecular weight excluding hydrogens is 283 g/mol. The minimum atomic E-state index is -0.394. The third-order valence-corrected chi connectivity index (χ3v) is 3.33. The van der Waals surface area contributed by atoms with Gasteiger partial charge in [-0.15, -0.1) is 0 Å². The van der Waals surface area contributed by atoms with Crippen LogP contribution in [-0.4, -0.2) is 13.9 Å². The Labute approximate surface area is 87.9 Å². The highest BCUT2D eigenvalue weighted by atomic mass is 127. The molecule has 1 aliphatic rings. The maximum Gasteiger partial charge on any atom is 0.325 e. The molecule has 0 aromatic carbocycles. The molecule has 0 amide bonds. The number of hydrogen-bond donors (Lipinski definition) is 2. The summed E-state index contributed by atoms with van der Waals surface area (Å²) in [6.07, 6.45) is 2.59. The van der Waals surface area contributed by atoms with Crippen molar-refractivity contribution in [3.8, 4) is 0 Å². The Morgan fingerprint density at radius 1 is 1.31 bits per heavy atom. The number of H-pyrrole nitrogens is 2. The van der Waals surface area contributed by atoms with Crippen LogP contribution >= 0.6 is 22.6 Å². The van der Waals surface area contributed by atoms with Gasteiger partial charge in [-0.1, -0.05) is 22.6 Å². The minimum absolute atomic E-state index is 0.220. The average Bonchev–Trinajstić information content (AvgIpc) is 2.02. The number of rotatable bonds is 0. The fraction of sp³-hybridized carbons (Fsp3) is 0.500. The number of fused-ring (bicyclic) bond motifs is 1. The number of hydrogen-bond acceptors (Lipinski definition) is 2. The molecular formula is C8H9IN2O2. The summed E-state index contributed by atoms with van der Waals surface area (Å²) >= 11 is 2.34. The number of aromatic nitrogens is 2. The Morgan fingerprint density at radius 3 is 2.85 bits per heavy atom. The topological polar surface area (TPSA) is 65.7 Å². The van der Waals surface area contributed by atoms with Crippen molar-refractivity contribution in [2.75, 3.05) is 0 Å². The quantitative estimate of drug-likeness (QED) is 0.535. The first kappa shape index (κ1) is 8.98. The van der Waals surface area contributed by atoms with Gasteiger partial charge in [0.1, 0.15) is 0 Å². The molecule has 0 aliphatic heterocycles. The molecule has 1 unspecified atom stereocenters. The summed E-state index contributed by atoms with van der Waals surface area (Å²) in [5.41, 5.74) is 0.961. The lowest BCUT2D eigenvalue weighted by Gasteiger charge is -2.17. The van der Waals surface area contributed by atoms with E-state index in [0.717, 1.165) is 30.5 Å². The van der Waals surface area contributed by atoms with Gasteiger partial charge in [0.15, 0.2) is 0 Å². The van der Waals surface area contributed by atoms with E-state index in [2.05, 4.69) is 32.6 Å². The molecule has 0 saturated carbocycles. The summed E-state index contributed by atoms with van der Waals surface area (Å²) in [6.45, 7) is 0.